The molecule has 1 aromatic heterocycles. The van der Waals surface area contributed by atoms with Crippen LogP contribution in [0.1, 0.15) is 44.9 Å². The maximum atomic E-state index is 6.03. The third-order valence-corrected chi connectivity index (χ3v) is 4.57. The Balaban J connectivity index is 2.10. The van der Waals surface area contributed by atoms with Crippen molar-refractivity contribution in [1.29, 1.82) is 0 Å². The van der Waals surface area contributed by atoms with Crippen LogP contribution in [0.3, 0.4) is 0 Å². The molecule has 96 valence electrons. The molecule has 3 rings (SSSR count). The van der Waals surface area contributed by atoms with Crippen molar-refractivity contribution >= 4 is 32.7 Å². The molecule has 0 spiro atoms. The first-order valence-electron chi connectivity index (χ1n) is 6.54. The van der Waals surface area contributed by atoms with E-state index < -0.39 is 0 Å². The van der Waals surface area contributed by atoms with Crippen molar-refractivity contribution in [3.05, 3.63) is 22.4 Å². The largest absolute Gasteiger partial charge is 0.397 e. The summed E-state index contributed by atoms with van der Waals surface area (Å²) in [4.78, 5) is 8.21. The van der Waals surface area contributed by atoms with Crippen molar-refractivity contribution in [2.45, 2.75) is 44.4 Å². The number of nitrogens with zero attached hydrogens (tertiary/aromatic N) is 1. The maximum Gasteiger partial charge on any atom is 0.113 e. The molecule has 0 aliphatic heterocycles. The number of fused-ring (bicyclic) bond motifs is 1. The summed E-state index contributed by atoms with van der Waals surface area (Å²) in [5, 5.41) is 0. The van der Waals surface area contributed by atoms with Gasteiger partial charge in [0.1, 0.15) is 11.3 Å². The van der Waals surface area contributed by atoms with Crippen LogP contribution in [-0.2, 0) is 5.41 Å². The molecule has 1 fully saturated rings. The lowest BCUT2D eigenvalue weighted by molar-refractivity contribution is 0.306. The maximum absolute atomic E-state index is 6.03. The van der Waals surface area contributed by atoms with E-state index in [-0.39, 0.29) is 5.41 Å². The Morgan fingerprint density at radius 3 is 2.72 bits per heavy atom. The van der Waals surface area contributed by atoms with Gasteiger partial charge in [-0.2, -0.15) is 0 Å². The predicted molar refractivity (Wildman–Crippen MR) is 78.6 cm³/mol. The van der Waals surface area contributed by atoms with Gasteiger partial charge in [0.15, 0.2) is 0 Å². The number of halogens is 1. The number of H-pyrrole nitrogens is 1. The Hall–Kier alpha value is -1.03. The zero-order chi connectivity index (χ0) is 12.8. The average molecular weight is 308 g/mol. The SMILES string of the molecule is CC1(c2nc3c(N)cc(Br)cc3[nH]2)CCCCC1. The van der Waals surface area contributed by atoms with E-state index in [1.54, 1.807) is 0 Å². The summed E-state index contributed by atoms with van der Waals surface area (Å²) < 4.78 is 0.997. The molecule has 1 saturated carbocycles. The number of nitrogen functional groups attached to an aromatic ring is 1. The van der Waals surface area contributed by atoms with Crippen LogP contribution in [0.15, 0.2) is 16.6 Å². The number of hydrogen-bond acceptors (Lipinski definition) is 2. The Bertz CT molecular complexity index is 582. The van der Waals surface area contributed by atoms with E-state index in [1.807, 2.05) is 12.1 Å². The van der Waals surface area contributed by atoms with Gasteiger partial charge in [0.2, 0.25) is 0 Å². The van der Waals surface area contributed by atoms with Gasteiger partial charge in [0, 0.05) is 9.89 Å². The minimum absolute atomic E-state index is 0.191. The van der Waals surface area contributed by atoms with Crippen LogP contribution in [0.2, 0.25) is 0 Å². The number of nitrogens with two attached hydrogens (primary N) is 1. The Morgan fingerprint density at radius 1 is 1.28 bits per heavy atom. The fourth-order valence-corrected chi connectivity index (χ4v) is 3.44. The summed E-state index contributed by atoms with van der Waals surface area (Å²) >= 11 is 3.47. The van der Waals surface area contributed by atoms with Crippen LogP contribution in [-0.4, -0.2) is 9.97 Å². The zero-order valence-corrected chi connectivity index (χ0v) is 12.2. The van der Waals surface area contributed by atoms with Crippen LogP contribution >= 0.6 is 15.9 Å². The van der Waals surface area contributed by atoms with Gasteiger partial charge in [-0.15, -0.1) is 0 Å². The highest BCUT2D eigenvalue weighted by Crippen LogP contribution is 2.39. The summed E-state index contributed by atoms with van der Waals surface area (Å²) in [6.45, 7) is 2.31. The van der Waals surface area contributed by atoms with Crippen LogP contribution in [0.5, 0.6) is 0 Å². The van der Waals surface area contributed by atoms with E-state index in [0.29, 0.717) is 0 Å². The first kappa shape index (κ1) is 12.0. The molecule has 1 aromatic carbocycles. The molecule has 0 amide bonds. The molecule has 18 heavy (non-hydrogen) atoms. The summed E-state index contributed by atoms with van der Waals surface area (Å²) in [6, 6.07) is 3.96. The average Bonchev–Trinajstić information content (AvgIpc) is 2.74. The van der Waals surface area contributed by atoms with Crippen molar-refractivity contribution < 1.29 is 0 Å². The number of benzene rings is 1. The number of hydrogen-bond donors (Lipinski definition) is 2. The number of anilines is 1. The first-order chi connectivity index (χ1) is 8.58. The van der Waals surface area contributed by atoms with E-state index >= 15 is 0 Å². The van der Waals surface area contributed by atoms with Crippen LogP contribution in [0.4, 0.5) is 5.69 Å². The standard InChI is InChI=1S/C14H18BrN3/c1-14(5-3-2-4-6-14)13-17-11-8-9(15)7-10(16)12(11)18-13/h7-8H,2-6,16H2,1H3,(H,17,18). The van der Waals surface area contributed by atoms with Crippen molar-refractivity contribution in [2.75, 3.05) is 5.73 Å². The fourth-order valence-electron chi connectivity index (χ4n) is 2.96. The minimum Gasteiger partial charge on any atom is -0.397 e. The summed E-state index contributed by atoms with van der Waals surface area (Å²) in [7, 11) is 0. The van der Waals surface area contributed by atoms with Crippen molar-refractivity contribution in [3.63, 3.8) is 0 Å². The molecule has 1 heterocycles. The molecule has 2 aromatic rings. The highest BCUT2D eigenvalue weighted by molar-refractivity contribution is 9.10. The molecule has 3 nitrogen and oxygen atoms in total. The molecule has 4 heteroatoms. The second kappa shape index (κ2) is 4.26. The second-order valence-corrected chi connectivity index (χ2v) is 6.51. The minimum atomic E-state index is 0.191. The molecule has 3 N–H and O–H groups in total. The van der Waals surface area contributed by atoms with Crippen molar-refractivity contribution in [2.24, 2.45) is 0 Å². The Morgan fingerprint density at radius 2 is 2.00 bits per heavy atom. The number of rotatable bonds is 1. The van der Waals surface area contributed by atoms with Gasteiger partial charge in [0.05, 0.1) is 11.2 Å². The Kier molecular flexibility index (Phi) is 2.85. The molecule has 0 bridgehead atoms. The van der Waals surface area contributed by atoms with Crippen LogP contribution < -0.4 is 5.73 Å². The van der Waals surface area contributed by atoms with Gasteiger partial charge >= 0.3 is 0 Å². The number of aromatic amines is 1. The summed E-state index contributed by atoms with van der Waals surface area (Å²) in [6.07, 6.45) is 6.38. The van der Waals surface area contributed by atoms with Gasteiger partial charge < -0.3 is 10.7 Å². The van der Waals surface area contributed by atoms with Gasteiger partial charge in [-0.1, -0.05) is 42.1 Å². The van der Waals surface area contributed by atoms with E-state index in [4.69, 9.17) is 10.7 Å². The van der Waals surface area contributed by atoms with Gasteiger partial charge in [-0.05, 0) is 25.0 Å². The molecule has 0 radical (unpaired) electrons. The van der Waals surface area contributed by atoms with E-state index in [0.717, 1.165) is 27.0 Å². The molecule has 0 atom stereocenters. The monoisotopic (exact) mass is 307 g/mol. The van der Waals surface area contributed by atoms with Gasteiger partial charge in [-0.3, -0.25) is 0 Å². The third-order valence-electron chi connectivity index (χ3n) is 4.11. The van der Waals surface area contributed by atoms with E-state index in [9.17, 15) is 0 Å². The number of imidazole rings is 1. The Labute approximate surface area is 115 Å². The molecular weight excluding hydrogens is 290 g/mol. The summed E-state index contributed by atoms with van der Waals surface area (Å²) in [5.41, 5.74) is 8.89. The van der Waals surface area contributed by atoms with Crippen molar-refractivity contribution in [1.82, 2.24) is 9.97 Å². The van der Waals surface area contributed by atoms with Crippen LogP contribution in [0.25, 0.3) is 11.0 Å². The molecule has 1 aliphatic rings. The van der Waals surface area contributed by atoms with Gasteiger partial charge in [-0.25, -0.2) is 4.98 Å². The topological polar surface area (TPSA) is 54.7 Å². The quantitative estimate of drug-likeness (QED) is 0.778. The predicted octanol–water partition coefficient (Wildman–Crippen LogP) is 4.13. The van der Waals surface area contributed by atoms with E-state index in [1.165, 1.54) is 32.1 Å². The van der Waals surface area contributed by atoms with Crippen LogP contribution in [0, 0.1) is 0 Å². The lowest BCUT2D eigenvalue weighted by Gasteiger charge is -2.31. The fraction of sp³-hybridized carbons (Fsp3) is 0.500. The third kappa shape index (κ3) is 1.92. The first-order valence-corrected chi connectivity index (χ1v) is 7.33. The van der Waals surface area contributed by atoms with E-state index in [2.05, 4.69) is 27.8 Å². The zero-order valence-electron chi connectivity index (χ0n) is 10.6. The summed E-state index contributed by atoms with van der Waals surface area (Å²) in [5.74, 6) is 1.10. The lowest BCUT2D eigenvalue weighted by Crippen LogP contribution is -2.26. The normalized spacial score (nSPS) is 19.2. The highest BCUT2D eigenvalue weighted by atomic mass is 79.9. The second-order valence-electron chi connectivity index (χ2n) is 5.60. The molecular formula is C14H18BrN3. The van der Waals surface area contributed by atoms with Gasteiger partial charge in [0.25, 0.3) is 0 Å². The molecule has 1 aliphatic carbocycles. The lowest BCUT2D eigenvalue weighted by atomic mass is 9.75. The smallest absolute Gasteiger partial charge is 0.113 e. The van der Waals surface area contributed by atoms with Crippen molar-refractivity contribution in [3.8, 4) is 0 Å². The highest BCUT2D eigenvalue weighted by Gasteiger charge is 2.31. The number of nitrogens with one attached hydrogen (secondary N) is 1. The number of aromatic nitrogens is 2. The molecule has 0 saturated heterocycles. The molecule has 0 unspecified atom stereocenters.